The summed E-state index contributed by atoms with van der Waals surface area (Å²) in [6, 6.07) is 0.0572. The number of aliphatic hydroxyl groups is 1. The van der Waals surface area contributed by atoms with Crippen LogP contribution in [0.3, 0.4) is 0 Å². The van der Waals surface area contributed by atoms with Gasteiger partial charge in [-0.1, -0.05) is 0 Å². The van der Waals surface area contributed by atoms with E-state index >= 15 is 0 Å². The highest BCUT2D eigenvalue weighted by molar-refractivity contribution is 5.73. The van der Waals surface area contributed by atoms with E-state index in [-0.39, 0.29) is 18.6 Å². The fraction of sp³-hybridized carbons (Fsp3) is 0.929. The summed E-state index contributed by atoms with van der Waals surface area (Å²) in [5.74, 6) is 0.458. The molecule has 2 heterocycles. The van der Waals surface area contributed by atoms with Crippen molar-refractivity contribution in [3.8, 4) is 0 Å². The van der Waals surface area contributed by atoms with Gasteiger partial charge in [-0.05, 0) is 13.3 Å². The number of urea groups is 1. The number of hydrogen-bond donors (Lipinski definition) is 3. The van der Waals surface area contributed by atoms with Gasteiger partial charge in [-0.2, -0.15) is 0 Å². The van der Waals surface area contributed by atoms with Gasteiger partial charge < -0.3 is 25.2 Å². The van der Waals surface area contributed by atoms with Crippen LogP contribution in [0.25, 0.3) is 0 Å². The summed E-state index contributed by atoms with van der Waals surface area (Å²) in [6.07, 6.45) is 0.507. The number of ether oxygens (including phenoxy) is 2. The highest BCUT2D eigenvalue weighted by Crippen LogP contribution is 2.21. The lowest BCUT2D eigenvalue weighted by Crippen LogP contribution is -2.53. The summed E-state index contributed by atoms with van der Waals surface area (Å²) in [4.78, 5) is 14.1. The number of carbonyl (C=O) groups is 1. The molecule has 7 heteroatoms. The molecule has 0 aliphatic carbocycles. The van der Waals surface area contributed by atoms with Gasteiger partial charge in [0.15, 0.2) is 0 Å². The molecule has 122 valence electrons. The van der Waals surface area contributed by atoms with E-state index in [9.17, 15) is 9.90 Å². The SMILES string of the molecule is C[C@H](O)CNC(=O)NC[C@@H]([C@H]1CCOC1)N1CCOCC1. The van der Waals surface area contributed by atoms with Crippen molar-refractivity contribution in [2.75, 3.05) is 52.6 Å². The molecular weight excluding hydrogens is 274 g/mol. The third-order valence-electron chi connectivity index (χ3n) is 4.05. The van der Waals surface area contributed by atoms with Gasteiger partial charge in [-0.3, -0.25) is 4.90 Å². The van der Waals surface area contributed by atoms with E-state index in [4.69, 9.17) is 9.47 Å². The Labute approximate surface area is 126 Å². The highest BCUT2D eigenvalue weighted by atomic mass is 16.5. The minimum atomic E-state index is -0.533. The molecule has 0 aromatic heterocycles. The lowest BCUT2D eigenvalue weighted by atomic mass is 9.97. The Kier molecular flexibility index (Phi) is 6.69. The number of hydrogen-bond acceptors (Lipinski definition) is 5. The van der Waals surface area contributed by atoms with E-state index in [2.05, 4.69) is 15.5 Å². The van der Waals surface area contributed by atoms with Crippen LogP contribution in [-0.2, 0) is 9.47 Å². The summed E-state index contributed by atoms with van der Waals surface area (Å²) in [5.41, 5.74) is 0. The number of nitrogens with one attached hydrogen (secondary N) is 2. The second-order valence-corrected chi connectivity index (χ2v) is 5.78. The number of morpholine rings is 1. The molecule has 21 heavy (non-hydrogen) atoms. The first kappa shape index (κ1) is 16.5. The van der Waals surface area contributed by atoms with Crippen LogP contribution in [0.4, 0.5) is 4.79 Å². The van der Waals surface area contributed by atoms with Crippen molar-refractivity contribution in [1.82, 2.24) is 15.5 Å². The first-order valence-corrected chi connectivity index (χ1v) is 7.76. The summed E-state index contributed by atoms with van der Waals surface area (Å²) < 4.78 is 10.9. The minimum Gasteiger partial charge on any atom is -0.392 e. The van der Waals surface area contributed by atoms with Gasteiger partial charge in [0.05, 0.1) is 25.9 Å². The van der Waals surface area contributed by atoms with Crippen LogP contribution >= 0.6 is 0 Å². The largest absolute Gasteiger partial charge is 0.392 e. The van der Waals surface area contributed by atoms with Crippen LogP contribution in [0.2, 0.25) is 0 Å². The van der Waals surface area contributed by atoms with E-state index < -0.39 is 6.10 Å². The van der Waals surface area contributed by atoms with Crippen molar-refractivity contribution in [2.45, 2.75) is 25.5 Å². The number of rotatable bonds is 6. The van der Waals surface area contributed by atoms with Gasteiger partial charge >= 0.3 is 6.03 Å². The van der Waals surface area contributed by atoms with Gasteiger partial charge in [0.1, 0.15) is 0 Å². The van der Waals surface area contributed by atoms with E-state index in [1.54, 1.807) is 6.92 Å². The molecule has 0 spiro atoms. The Balaban J connectivity index is 1.81. The number of aliphatic hydroxyl groups excluding tert-OH is 1. The Morgan fingerprint density at radius 3 is 2.57 bits per heavy atom. The van der Waals surface area contributed by atoms with Crippen LogP contribution in [-0.4, -0.2) is 80.8 Å². The third-order valence-corrected chi connectivity index (χ3v) is 4.05. The predicted molar refractivity (Wildman–Crippen MR) is 78.2 cm³/mol. The molecule has 3 N–H and O–H groups in total. The van der Waals surface area contributed by atoms with Gasteiger partial charge in [-0.15, -0.1) is 0 Å². The molecule has 2 saturated heterocycles. The van der Waals surface area contributed by atoms with E-state index in [0.29, 0.717) is 12.5 Å². The Bertz CT molecular complexity index is 315. The Hall–Kier alpha value is -0.890. The third kappa shape index (κ3) is 5.43. The molecule has 2 amide bonds. The summed E-state index contributed by atoms with van der Waals surface area (Å²) in [7, 11) is 0. The molecule has 2 aliphatic rings. The zero-order valence-corrected chi connectivity index (χ0v) is 12.7. The van der Waals surface area contributed by atoms with Gasteiger partial charge in [0, 0.05) is 44.7 Å². The first-order valence-electron chi connectivity index (χ1n) is 7.76. The average Bonchev–Trinajstić information content (AvgIpc) is 3.00. The standard InChI is InChI=1S/C14H27N3O4/c1-11(18)8-15-14(19)16-9-13(12-2-5-21-10-12)17-3-6-20-7-4-17/h11-13,18H,2-10H2,1H3,(H2,15,16,19)/t11-,12-,13-/m0/s1. The Morgan fingerprint density at radius 1 is 1.24 bits per heavy atom. The highest BCUT2D eigenvalue weighted by Gasteiger charge is 2.31. The average molecular weight is 301 g/mol. The molecule has 0 aromatic rings. The molecule has 0 saturated carbocycles. The van der Waals surface area contributed by atoms with Crippen molar-refractivity contribution in [1.29, 1.82) is 0 Å². The second kappa shape index (κ2) is 8.53. The summed E-state index contributed by atoms with van der Waals surface area (Å²) in [6.45, 7) is 7.37. The van der Waals surface area contributed by atoms with Gasteiger partial charge in [0.25, 0.3) is 0 Å². The number of amides is 2. The lowest BCUT2D eigenvalue weighted by molar-refractivity contribution is 0.00211. The van der Waals surface area contributed by atoms with Crippen molar-refractivity contribution >= 4 is 6.03 Å². The maximum absolute atomic E-state index is 11.7. The molecule has 2 aliphatic heterocycles. The molecule has 0 unspecified atom stereocenters. The predicted octanol–water partition coefficient (Wildman–Crippen LogP) is -0.596. The lowest BCUT2D eigenvalue weighted by Gasteiger charge is -2.37. The quantitative estimate of drug-likeness (QED) is 0.610. The van der Waals surface area contributed by atoms with Gasteiger partial charge in [-0.25, -0.2) is 4.79 Å². The van der Waals surface area contributed by atoms with E-state index in [0.717, 1.165) is 45.9 Å². The molecule has 3 atom stereocenters. The van der Waals surface area contributed by atoms with Crippen molar-refractivity contribution in [2.24, 2.45) is 5.92 Å². The smallest absolute Gasteiger partial charge is 0.314 e. The van der Waals surface area contributed by atoms with Crippen LogP contribution in [0, 0.1) is 5.92 Å². The van der Waals surface area contributed by atoms with Gasteiger partial charge in [0.2, 0.25) is 0 Å². The van der Waals surface area contributed by atoms with Crippen molar-refractivity contribution < 1.29 is 19.4 Å². The topological polar surface area (TPSA) is 83.1 Å². The van der Waals surface area contributed by atoms with E-state index in [1.807, 2.05) is 0 Å². The molecule has 2 rings (SSSR count). The van der Waals surface area contributed by atoms with Crippen molar-refractivity contribution in [3.63, 3.8) is 0 Å². The van der Waals surface area contributed by atoms with Crippen LogP contribution in [0.5, 0.6) is 0 Å². The molecule has 0 radical (unpaired) electrons. The summed E-state index contributed by atoms with van der Waals surface area (Å²) in [5, 5.41) is 14.7. The fourth-order valence-electron chi connectivity index (χ4n) is 2.86. The maximum atomic E-state index is 11.7. The molecule has 2 fully saturated rings. The van der Waals surface area contributed by atoms with E-state index in [1.165, 1.54) is 0 Å². The minimum absolute atomic E-state index is 0.229. The first-order chi connectivity index (χ1) is 10.2. The molecule has 0 aromatic carbocycles. The molecule has 0 bridgehead atoms. The number of carbonyl (C=O) groups excluding carboxylic acids is 1. The normalized spacial score (nSPS) is 26.3. The molecular formula is C14H27N3O4. The zero-order valence-electron chi connectivity index (χ0n) is 12.7. The molecule has 7 nitrogen and oxygen atoms in total. The summed E-state index contributed by atoms with van der Waals surface area (Å²) >= 11 is 0. The fourth-order valence-corrected chi connectivity index (χ4v) is 2.86. The monoisotopic (exact) mass is 301 g/mol. The second-order valence-electron chi connectivity index (χ2n) is 5.78. The Morgan fingerprint density at radius 2 is 1.95 bits per heavy atom. The number of nitrogens with zero attached hydrogens (tertiary/aromatic N) is 1. The zero-order chi connectivity index (χ0) is 15.1. The van der Waals surface area contributed by atoms with Crippen LogP contribution < -0.4 is 10.6 Å². The van der Waals surface area contributed by atoms with Crippen LogP contribution in [0.1, 0.15) is 13.3 Å². The van der Waals surface area contributed by atoms with Crippen molar-refractivity contribution in [3.05, 3.63) is 0 Å². The van der Waals surface area contributed by atoms with Crippen LogP contribution in [0.15, 0.2) is 0 Å². The maximum Gasteiger partial charge on any atom is 0.314 e.